The molecule has 1 aliphatic rings. The third kappa shape index (κ3) is 4.16. The van der Waals surface area contributed by atoms with Crippen LogP contribution in [0.5, 0.6) is 5.75 Å². The lowest BCUT2D eigenvalue weighted by Crippen LogP contribution is -2.39. The van der Waals surface area contributed by atoms with Crippen molar-refractivity contribution in [2.75, 3.05) is 7.05 Å². The van der Waals surface area contributed by atoms with Crippen LogP contribution in [0.25, 0.3) is 5.57 Å². The first-order valence-electron chi connectivity index (χ1n) is 9.78. The summed E-state index contributed by atoms with van der Waals surface area (Å²) in [5, 5.41) is 0. The minimum absolute atomic E-state index is 0.0517. The molecule has 2 aromatic carbocycles. The first-order valence-corrected chi connectivity index (χ1v) is 9.78. The number of benzene rings is 2. The molecular weight excluding hydrogens is 414 g/mol. The standard InChI is InChI=1S/C24H24F2N4O2/c1-15-10-19(8-9-20(15)32-23(25)26)24(12-21(27)30(4)22(24)31)18-7-5-6-17(11-18)16(2)13-29-14-28-3/h5-14,23H,3,27H2,1-2,4H3/b16-13+,29-14?. The first kappa shape index (κ1) is 22.9. The molecule has 0 aliphatic carbocycles. The largest absolute Gasteiger partial charge is 0.435 e. The zero-order valence-electron chi connectivity index (χ0n) is 18.0. The van der Waals surface area contributed by atoms with Gasteiger partial charge in [-0.05, 0) is 66.6 Å². The summed E-state index contributed by atoms with van der Waals surface area (Å²) in [6.45, 7) is 3.96. The van der Waals surface area contributed by atoms with Gasteiger partial charge in [0.25, 0.3) is 0 Å². The molecular formula is C24H24F2N4O2. The van der Waals surface area contributed by atoms with Crippen molar-refractivity contribution in [2.45, 2.75) is 25.9 Å². The highest BCUT2D eigenvalue weighted by Crippen LogP contribution is 2.42. The van der Waals surface area contributed by atoms with Crippen LogP contribution in [-0.4, -0.2) is 37.5 Å². The predicted molar refractivity (Wildman–Crippen MR) is 122 cm³/mol. The van der Waals surface area contributed by atoms with E-state index < -0.39 is 12.0 Å². The number of aliphatic imine (C=N–C) groups is 2. The number of likely N-dealkylation sites (N-methyl/N-ethyl adjacent to an activating group) is 1. The Balaban J connectivity index is 2.18. The molecule has 0 fully saturated rings. The number of halogens is 2. The second kappa shape index (κ2) is 9.13. The minimum Gasteiger partial charge on any atom is -0.435 e. The molecule has 0 radical (unpaired) electrons. The number of hydrogen-bond donors (Lipinski definition) is 1. The van der Waals surface area contributed by atoms with Crippen molar-refractivity contribution < 1.29 is 18.3 Å². The molecule has 1 atom stereocenters. The number of alkyl halides is 2. The van der Waals surface area contributed by atoms with E-state index in [-0.39, 0.29) is 11.7 Å². The van der Waals surface area contributed by atoms with Crippen LogP contribution in [-0.2, 0) is 10.2 Å². The zero-order valence-corrected chi connectivity index (χ0v) is 18.0. The summed E-state index contributed by atoms with van der Waals surface area (Å²) in [7, 11) is 1.60. The Hall–Kier alpha value is -3.81. The van der Waals surface area contributed by atoms with Gasteiger partial charge in [-0.15, -0.1) is 0 Å². The van der Waals surface area contributed by atoms with Crippen molar-refractivity contribution in [3.8, 4) is 5.75 Å². The minimum atomic E-state index is -2.94. The lowest BCUT2D eigenvalue weighted by Gasteiger charge is -2.29. The molecule has 6 nitrogen and oxygen atoms in total. The molecule has 2 N–H and O–H groups in total. The summed E-state index contributed by atoms with van der Waals surface area (Å²) in [4.78, 5) is 22.5. The summed E-state index contributed by atoms with van der Waals surface area (Å²) in [5.74, 6) is 0.111. The van der Waals surface area contributed by atoms with E-state index in [1.165, 1.54) is 17.3 Å². The van der Waals surface area contributed by atoms with Crippen molar-refractivity contribution in [2.24, 2.45) is 15.7 Å². The second-order valence-electron chi connectivity index (χ2n) is 7.44. The van der Waals surface area contributed by atoms with Gasteiger partial charge in [-0.2, -0.15) is 8.78 Å². The van der Waals surface area contributed by atoms with Gasteiger partial charge in [-0.1, -0.05) is 30.3 Å². The molecule has 32 heavy (non-hydrogen) atoms. The van der Waals surface area contributed by atoms with Crippen LogP contribution >= 0.6 is 0 Å². The number of ether oxygens (including phenoxy) is 1. The fraction of sp³-hybridized carbons (Fsp3) is 0.208. The van der Waals surface area contributed by atoms with Gasteiger partial charge in [0.2, 0.25) is 5.91 Å². The highest BCUT2D eigenvalue weighted by atomic mass is 19.3. The smallest absolute Gasteiger partial charge is 0.387 e. The molecule has 0 saturated carbocycles. The van der Waals surface area contributed by atoms with Gasteiger partial charge in [-0.3, -0.25) is 9.79 Å². The van der Waals surface area contributed by atoms with Crippen molar-refractivity contribution in [1.29, 1.82) is 0 Å². The molecule has 0 aromatic heterocycles. The van der Waals surface area contributed by atoms with E-state index in [0.29, 0.717) is 22.5 Å². The number of aryl methyl sites for hydroxylation is 1. The Morgan fingerprint density at radius 2 is 1.97 bits per heavy atom. The Bertz CT molecular complexity index is 1140. The van der Waals surface area contributed by atoms with Gasteiger partial charge in [-0.25, -0.2) is 4.99 Å². The Morgan fingerprint density at radius 3 is 2.56 bits per heavy atom. The molecule has 1 aliphatic heterocycles. The van der Waals surface area contributed by atoms with E-state index in [4.69, 9.17) is 5.73 Å². The maximum atomic E-state index is 13.5. The number of carbonyl (C=O) groups excluding carboxylic acids is 1. The van der Waals surface area contributed by atoms with E-state index in [2.05, 4.69) is 21.4 Å². The number of nitrogens with zero attached hydrogens (tertiary/aromatic N) is 3. The highest BCUT2D eigenvalue weighted by Gasteiger charge is 2.47. The summed E-state index contributed by atoms with van der Waals surface area (Å²) in [5.41, 5.74) is 8.39. The fourth-order valence-electron chi connectivity index (χ4n) is 3.74. The monoisotopic (exact) mass is 438 g/mol. The van der Waals surface area contributed by atoms with Gasteiger partial charge in [0.15, 0.2) is 0 Å². The molecule has 166 valence electrons. The molecule has 3 rings (SSSR count). The maximum absolute atomic E-state index is 13.5. The first-order chi connectivity index (χ1) is 15.2. The van der Waals surface area contributed by atoms with Crippen LogP contribution < -0.4 is 10.5 Å². The summed E-state index contributed by atoms with van der Waals surface area (Å²) >= 11 is 0. The van der Waals surface area contributed by atoms with Gasteiger partial charge >= 0.3 is 6.61 Å². The van der Waals surface area contributed by atoms with Gasteiger partial charge in [0.1, 0.15) is 23.3 Å². The Labute approximate surface area is 185 Å². The SMILES string of the molecule is C=NC=N/C=C(\C)c1cccc(C2(c3ccc(OC(F)F)c(C)c3)C=C(N)N(C)C2=O)c1. The topological polar surface area (TPSA) is 80.3 Å². The normalized spacial score (nSPS) is 19.1. The number of nitrogens with two attached hydrogens (primary N) is 1. The van der Waals surface area contributed by atoms with Crippen molar-refractivity contribution in [1.82, 2.24) is 4.90 Å². The van der Waals surface area contributed by atoms with E-state index >= 15 is 0 Å². The number of hydrogen-bond acceptors (Lipinski definition) is 4. The van der Waals surface area contributed by atoms with Crippen LogP contribution in [0.3, 0.4) is 0 Å². The Kier molecular flexibility index (Phi) is 6.53. The number of allylic oxidation sites excluding steroid dienone is 1. The summed E-state index contributed by atoms with van der Waals surface area (Å²) < 4.78 is 30.0. The predicted octanol–water partition coefficient (Wildman–Crippen LogP) is 4.24. The van der Waals surface area contributed by atoms with Crippen LogP contribution in [0.1, 0.15) is 29.2 Å². The second-order valence-corrected chi connectivity index (χ2v) is 7.44. The van der Waals surface area contributed by atoms with Crippen LogP contribution in [0.2, 0.25) is 0 Å². The van der Waals surface area contributed by atoms with Crippen molar-refractivity contribution >= 4 is 24.5 Å². The van der Waals surface area contributed by atoms with Crippen molar-refractivity contribution in [3.63, 3.8) is 0 Å². The van der Waals surface area contributed by atoms with Crippen molar-refractivity contribution in [3.05, 3.63) is 82.8 Å². The quantitative estimate of drug-likeness (QED) is 0.519. The molecule has 0 saturated heterocycles. The van der Waals surface area contributed by atoms with Crippen LogP contribution in [0, 0.1) is 6.92 Å². The maximum Gasteiger partial charge on any atom is 0.387 e. The lowest BCUT2D eigenvalue weighted by molar-refractivity contribution is -0.129. The summed E-state index contributed by atoms with van der Waals surface area (Å²) in [6.07, 6.45) is 4.67. The van der Waals surface area contributed by atoms with Gasteiger partial charge in [0.05, 0.1) is 0 Å². The molecule has 8 heteroatoms. The van der Waals surface area contributed by atoms with E-state index in [0.717, 1.165) is 11.1 Å². The Morgan fingerprint density at radius 1 is 1.25 bits per heavy atom. The van der Waals surface area contributed by atoms with Gasteiger partial charge in [0, 0.05) is 13.2 Å². The average molecular weight is 438 g/mol. The molecule has 1 heterocycles. The van der Waals surface area contributed by atoms with E-state index in [1.807, 2.05) is 31.2 Å². The molecule has 2 aromatic rings. The average Bonchev–Trinajstić information content (AvgIpc) is 3.00. The van der Waals surface area contributed by atoms with Crippen LogP contribution in [0.4, 0.5) is 8.78 Å². The lowest BCUT2D eigenvalue weighted by atomic mass is 9.73. The highest BCUT2D eigenvalue weighted by molar-refractivity contribution is 5.98. The molecule has 1 amide bonds. The number of rotatable bonds is 7. The summed E-state index contributed by atoms with van der Waals surface area (Å²) in [6, 6.07) is 12.2. The van der Waals surface area contributed by atoms with E-state index in [9.17, 15) is 13.6 Å². The molecule has 0 spiro atoms. The third-order valence-electron chi connectivity index (χ3n) is 5.43. The molecule has 1 unspecified atom stereocenters. The third-order valence-corrected chi connectivity index (χ3v) is 5.43. The fourth-order valence-corrected chi connectivity index (χ4v) is 3.74. The number of amides is 1. The number of carbonyl (C=O) groups is 1. The van der Waals surface area contributed by atoms with Gasteiger partial charge < -0.3 is 15.4 Å². The zero-order chi connectivity index (χ0) is 23.5. The molecule has 0 bridgehead atoms. The van der Waals surface area contributed by atoms with Crippen LogP contribution in [0.15, 0.2) is 70.5 Å². The van der Waals surface area contributed by atoms with E-state index in [1.54, 1.807) is 38.4 Å².